The van der Waals surface area contributed by atoms with E-state index in [1.807, 2.05) is 27.7 Å². The maximum Gasteiger partial charge on any atom is 0.243 e. The van der Waals surface area contributed by atoms with Crippen molar-refractivity contribution in [3.63, 3.8) is 0 Å². The van der Waals surface area contributed by atoms with Crippen LogP contribution in [-0.4, -0.2) is 47.9 Å². The SMILES string of the molecule is CCN(CC(=O)NC(C)C)C(=O)C1(C)CCCN1. The zero-order valence-electron chi connectivity index (χ0n) is 11.9. The number of carbonyl (C=O) groups is 2. The van der Waals surface area contributed by atoms with Crippen molar-refractivity contribution >= 4 is 11.8 Å². The normalized spacial score (nSPS) is 23.2. The lowest BCUT2D eigenvalue weighted by molar-refractivity contribution is -0.140. The fourth-order valence-electron chi connectivity index (χ4n) is 2.29. The molecule has 1 aliphatic heterocycles. The molecule has 2 N–H and O–H groups in total. The number of nitrogens with zero attached hydrogens (tertiary/aromatic N) is 1. The first-order valence-electron chi connectivity index (χ1n) is 6.73. The Hall–Kier alpha value is -1.10. The summed E-state index contributed by atoms with van der Waals surface area (Å²) >= 11 is 0. The van der Waals surface area contributed by atoms with Gasteiger partial charge >= 0.3 is 0 Å². The molecule has 5 nitrogen and oxygen atoms in total. The highest BCUT2D eigenvalue weighted by atomic mass is 16.2. The molecule has 1 fully saturated rings. The Kier molecular flexibility index (Phi) is 5.14. The molecule has 0 aromatic carbocycles. The number of carbonyl (C=O) groups excluding carboxylic acids is 2. The van der Waals surface area contributed by atoms with Crippen LogP contribution in [0.5, 0.6) is 0 Å². The summed E-state index contributed by atoms with van der Waals surface area (Å²) in [5.41, 5.74) is -0.492. The van der Waals surface area contributed by atoms with Crippen molar-refractivity contribution in [3.8, 4) is 0 Å². The van der Waals surface area contributed by atoms with Gasteiger partial charge in [-0.05, 0) is 47.1 Å². The predicted molar refractivity (Wildman–Crippen MR) is 71.2 cm³/mol. The Bertz CT molecular complexity index is 309. The van der Waals surface area contributed by atoms with E-state index in [0.29, 0.717) is 6.54 Å². The topological polar surface area (TPSA) is 61.4 Å². The number of amides is 2. The first-order chi connectivity index (χ1) is 8.39. The maximum absolute atomic E-state index is 12.4. The molecule has 0 saturated carbocycles. The van der Waals surface area contributed by atoms with Gasteiger partial charge in [0.15, 0.2) is 0 Å². The summed E-state index contributed by atoms with van der Waals surface area (Å²) in [5, 5.41) is 6.05. The van der Waals surface area contributed by atoms with Gasteiger partial charge in [-0.1, -0.05) is 0 Å². The van der Waals surface area contributed by atoms with Gasteiger partial charge in [0.1, 0.15) is 0 Å². The summed E-state index contributed by atoms with van der Waals surface area (Å²) in [6.07, 6.45) is 1.85. The third-order valence-corrected chi connectivity index (χ3v) is 3.29. The lowest BCUT2D eigenvalue weighted by Crippen LogP contribution is -2.55. The molecule has 18 heavy (non-hydrogen) atoms. The van der Waals surface area contributed by atoms with Gasteiger partial charge < -0.3 is 15.5 Å². The van der Waals surface area contributed by atoms with Crippen molar-refractivity contribution in [3.05, 3.63) is 0 Å². The molecule has 0 aromatic heterocycles. The molecule has 1 saturated heterocycles. The molecule has 0 radical (unpaired) electrons. The standard InChI is InChI=1S/C13H25N3O2/c1-5-16(9-11(17)15-10(2)3)12(18)13(4)7-6-8-14-13/h10,14H,5-9H2,1-4H3,(H,15,17). The van der Waals surface area contributed by atoms with Gasteiger partial charge in [0.05, 0.1) is 12.1 Å². The first-order valence-corrected chi connectivity index (χ1v) is 6.73. The molecule has 1 rings (SSSR count). The second-order valence-electron chi connectivity index (χ2n) is 5.40. The third kappa shape index (κ3) is 3.70. The summed E-state index contributed by atoms with van der Waals surface area (Å²) in [6, 6.07) is 0.103. The monoisotopic (exact) mass is 255 g/mol. The molecule has 0 spiro atoms. The average molecular weight is 255 g/mol. The van der Waals surface area contributed by atoms with Crippen molar-refractivity contribution in [1.82, 2.24) is 15.5 Å². The molecule has 104 valence electrons. The molecule has 5 heteroatoms. The minimum atomic E-state index is -0.492. The fraction of sp³-hybridized carbons (Fsp3) is 0.846. The Morgan fingerprint density at radius 3 is 2.56 bits per heavy atom. The number of nitrogens with one attached hydrogen (secondary N) is 2. The highest BCUT2D eigenvalue weighted by Gasteiger charge is 2.38. The van der Waals surface area contributed by atoms with Crippen molar-refractivity contribution in [1.29, 1.82) is 0 Å². The molecular formula is C13H25N3O2. The van der Waals surface area contributed by atoms with E-state index >= 15 is 0 Å². The fourth-order valence-corrected chi connectivity index (χ4v) is 2.29. The van der Waals surface area contributed by atoms with E-state index in [1.54, 1.807) is 4.90 Å². The zero-order chi connectivity index (χ0) is 13.8. The van der Waals surface area contributed by atoms with Crippen LogP contribution in [0.3, 0.4) is 0 Å². The van der Waals surface area contributed by atoms with Crippen molar-refractivity contribution < 1.29 is 9.59 Å². The van der Waals surface area contributed by atoms with Crippen LogP contribution >= 0.6 is 0 Å². The van der Waals surface area contributed by atoms with Crippen molar-refractivity contribution in [2.75, 3.05) is 19.6 Å². The summed E-state index contributed by atoms with van der Waals surface area (Å²) in [5.74, 6) is -0.0665. The summed E-state index contributed by atoms with van der Waals surface area (Å²) in [6.45, 7) is 9.22. The number of likely N-dealkylation sites (N-methyl/N-ethyl adjacent to an activating group) is 1. The van der Waals surface area contributed by atoms with Crippen LogP contribution in [0, 0.1) is 0 Å². The predicted octanol–water partition coefficient (Wildman–Crippen LogP) is 0.502. The minimum Gasteiger partial charge on any atom is -0.352 e. The molecule has 0 aromatic rings. The van der Waals surface area contributed by atoms with Crippen LogP contribution in [0.25, 0.3) is 0 Å². The highest BCUT2D eigenvalue weighted by molar-refractivity contribution is 5.90. The minimum absolute atomic E-state index is 0.0291. The molecule has 0 aliphatic carbocycles. The Balaban J connectivity index is 2.60. The number of hydrogen-bond donors (Lipinski definition) is 2. The van der Waals surface area contributed by atoms with Crippen LogP contribution in [0.1, 0.15) is 40.5 Å². The molecule has 2 amide bonds. The van der Waals surface area contributed by atoms with E-state index in [2.05, 4.69) is 10.6 Å². The second kappa shape index (κ2) is 6.18. The molecule has 1 heterocycles. The average Bonchev–Trinajstić information content (AvgIpc) is 2.72. The van der Waals surface area contributed by atoms with Gasteiger partial charge in [0.2, 0.25) is 11.8 Å². The van der Waals surface area contributed by atoms with E-state index in [1.165, 1.54) is 0 Å². The van der Waals surface area contributed by atoms with E-state index in [-0.39, 0.29) is 24.4 Å². The lowest BCUT2D eigenvalue weighted by atomic mass is 9.98. The maximum atomic E-state index is 12.4. The second-order valence-corrected chi connectivity index (χ2v) is 5.40. The molecule has 1 atom stereocenters. The van der Waals surface area contributed by atoms with Gasteiger partial charge in [0, 0.05) is 12.6 Å². The molecule has 0 bridgehead atoms. The van der Waals surface area contributed by atoms with Crippen LogP contribution in [-0.2, 0) is 9.59 Å². The summed E-state index contributed by atoms with van der Waals surface area (Å²) < 4.78 is 0. The Labute approximate surface area is 109 Å². The van der Waals surface area contributed by atoms with Crippen LogP contribution < -0.4 is 10.6 Å². The third-order valence-electron chi connectivity index (χ3n) is 3.29. The first kappa shape index (κ1) is 15.0. The van der Waals surface area contributed by atoms with Crippen molar-refractivity contribution in [2.24, 2.45) is 0 Å². The summed E-state index contributed by atoms with van der Waals surface area (Å²) in [4.78, 5) is 25.7. The van der Waals surface area contributed by atoms with E-state index in [9.17, 15) is 9.59 Å². The number of rotatable bonds is 5. The van der Waals surface area contributed by atoms with Gasteiger partial charge in [-0.25, -0.2) is 0 Å². The van der Waals surface area contributed by atoms with E-state index in [0.717, 1.165) is 19.4 Å². The van der Waals surface area contributed by atoms with Crippen LogP contribution in [0.15, 0.2) is 0 Å². The highest BCUT2D eigenvalue weighted by Crippen LogP contribution is 2.21. The number of hydrogen-bond acceptors (Lipinski definition) is 3. The zero-order valence-corrected chi connectivity index (χ0v) is 11.9. The Morgan fingerprint density at radius 1 is 1.44 bits per heavy atom. The van der Waals surface area contributed by atoms with Crippen LogP contribution in [0.4, 0.5) is 0 Å². The van der Waals surface area contributed by atoms with E-state index in [4.69, 9.17) is 0 Å². The smallest absolute Gasteiger partial charge is 0.243 e. The molecule has 1 unspecified atom stereocenters. The van der Waals surface area contributed by atoms with Crippen LogP contribution in [0.2, 0.25) is 0 Å². The van der Waals surface area contributed by atoms with Gasteiger partial charge in [0.25, 0.3) is 0 Å². The van der Waals surface area contributed by atoms with Crippen molar-refractivity contribution in [2.45, 2.75) is 52.1 Å². The summed E-state index contributed by atoms with van der Waals surface area (Å²) in [7, 11) is 0. The molecule has 1 aliphatic rings. The van der Waals surface area contributed by atoms with Gasteiger partial charge in [-0.2, -0.15) is 0 Å². The Morgan fingerprint density at radius 2 is 2.11 bits per heavy atom. The quantitative estimate of drug-likeness (QED) is 0.752. The van der Waals surface area contributed by atoms with Gasteiger partial charge in [-0.3, -0.25) is 9.59 Å². The lowest BCUT2D eigenvalue weighted by Gasteiger charge is -2.31. The van der Waals surface area contributed by atoms with Gasteiger partial charge in [-0.15, -0.1) is 0 Å². The largest absolute Gasteiger partial charge is 0.352 e. The molecular weight excluding hydrogens is 230 g/mol. The van der Waals surface area contributed by atoms with E-state index < -0.39 is 5.54 Å².